The van der Waals surface area contributed by atoms with Crippen LogP contribution in [0.3, 0.4) is 0 Å². The number of carboxylic acids is 1. The van der Waals surface area contributed by atoms with Crippen LogP contribution in [0.15, 0.2) is 79.1 Å². The summed E-state index contributed by atoms with van der Waals surface area (Å²) in [6.07, 6.45) is 7.26. The van der Waals surface area contributed by atoms with E-state index in [1.54, 1.807) is 12.1 Å². The molecule has 1 aliphatic carbocycles. The van der Waals surface area contributed by atoms with Crippen LogP contribution in [0.25, 0.3) is 18.0 Å². The molecule has 2 aromatic carbocycles. The zero-order valence-corrected chi connectivity index (χ0v) is 24.0. The summed E-state index contributed by atoms with van der Waals surface area (Å²) < 4.78 is 41.1. The molecule has 0 spiro atoms. The molecule has 2 N–H and O–H groups in total. The molecule has 5 rings (SSSR count). The lowest BCUT2D eigenvalue weighted by Crippen LogP contribution is -2.26. The molecule has 228 valence electrons. The van der Waals surface area contributed by atoms with Crippen LogP contribution >= 0.6 is 0 Å². The van der Waals surface area contributed by atoms with E-state index in [2.05, 4.69) is 10.3 Å². The molecule has 1 atom stereocenters. The summed E-state index contributed by atoms with van der Waals surface area (Å²) in [7, 11) is 0. The first kappa shape index (κ1) is 30.7. The van der Waals surface area contributed by atoms with Crippen molar-refractivity contribution in [3.63, 3.8) is 0 Å². The van der Waals surface area contributed by atoms with Crippen molar-refractivity contribution in [3.05, 3.63) is 113 Å². The summed E-state index contributed by atoms with van der Waals surface area (Å²) in [6, 6.07) is 19.4. The Labute approximate surface area is 253 Å². The van der Waals surface area contributed by atoms with E-state index in [9.17, 15) is 22.8 Å². The van der Waals surface area contributed by atoms with Crippen LogP contribution in [0.5, 0.6) is 0 Å². The highest BCUT2D eigenvalue weighted by molar-refractivity contribution is 5.94. The van der Waals surface area contributed by atoms with Crippen LogP contribution in [-0.4, -0.2) is 38.3 Å². The van der Waals surface area contributed by atoms with E-state index >= 15 is 0 Å². The minimum Gasteiger partial charge on any atom is -0.481 e. The standard InChI is InChI=1S/C34H33F3N4O3/c35-34(36,37)27-16-18-30(39-21-27)41-22-28(29(40-41)17-11-23-7-3-1-4-8-23)32(24-9-5-2-6-10-24)25-12-14-26(15-13-25)33(44)38-20-19-31(42)43/h1,3-4,7-8,11-18,21-22,24,32H,2,5-6,9-10,19-20H2,(H,38,44)(H,42,43). The third-order valence-corrected chi connectivity index (χ3v) is 7.93. The Morgan fingerprint density at radius 2 is 1.70 bits per heavy atom. The normalized spacial score (nSPS) is 14.9. The second kappa shape index (κ2) is 13.7. The minimum atomic E-state index is -4.49. The molecular weight excluding hydrogens is 569 g/mol. The average Bonchev–Trinajstić information content (AvgIpc) is 3.44. The lowest BCUT2D eigenvalue weighted by Gasteiger charge is -2.31. The topological polar surface area (TPSA) is 97.1 Å². The summed E-state index contributed by atoms with van der Waals surface area (Å²) in [5.41, 5.74) is 3.17. The number of nitrogens with one attached hydrogen (secondary N) is 1. The fourth-order valence-electron chi connectivity index (χ4n) is 5.72. The lowest BCUT2D eigenvalue weighted by molar-refractivity contribution is -0.138. The predicted molar refractivity (Wildman–Crippen MR) is 161 cm³/mol. The van der Waals surface area contributed by atoms with E-state index in [4.69, 9.17) is 10.2 Å². The van der Waals surface area contributed by atoms with E-state index in [1.165, 1.54) is 10.7 Å². The predicted octanol–water partition coefficient (Wildman–Crippen LogP) is 7.37. The van der Waals surface area contributed by atoms with Gasteiger partial charge in [-0.25, -0.2) is 9.67 Å². The molecule has 0 saturated heterocycles. The fraction of sp³-hybridized carbons (Fsp3) is 0.294. The summed E-state index contributed by atoms with van der Waals surface area (Å²) in [6.45, 7) is 0.0366. The first-order chi connectivity index (χ1) is 21.2. The van der Waals surface area contributed by atoms with E-state index < -0.39 is 17.7 Å². The Bertz CT molecular complexity index is 1590. The first-order valence-electron chi connectivity index (χ1n) is 14.7. The summed E-state index contributed by atoms with van der Waals surface area (Å²) in [5.74, 6) is -0.853. The first-order valence-corrected chi connectivity index (χ1v) is 14.7. The molecular formula is C34H33F3N4O3. The highest BCUT2D eigenvalue weighted by Crippen LogP contribution is 2.42. The molecule has 1 aliphatic rings. The van der Waals surface area contributed by atoms with Crippen LogP contribution < -0.4 is 5.32 Å². The summed E-state index contributed by atoms with van der Waals surface area (Å²) in [5, 5.41) is 16.3. The zero-order valence-electron chi connectivity index (χ0n) is 24.0. The van der Waals surface area contributed by atoms with Gasteiger partial charge in [-0.2, -0.15) is 18.3 Å². The Balaban J connectivity index is 1.54. The molecule has 1 amide bonds. The number of carboxylic acid groups (broad SMARTS) is 1. The molecule has 2 aromatic heterocycles. The van der Waals surface area contributed by atoms with Gasteiger partial charge in [0.1, 0.15) is 0 Å². The van der Waals surface area contributed by atoms with Crippen molar-refractivity contribution in [3.8, 4) is 5.82 Å². The number of amides is 1. The zero-order chi connectivity index (χ0) is 31.1. The maximum atomic E-state index is 13.2. The molecule has 10 heteroatoms. The Morgan fingerprint density at radius 3 is 2.34 bits per heavy atom. The van der Waals surface area contributed by atoms with Crippen LogP contribution in [0, 0.1) is 5.92 Å². The Hall–Kier alpha value is -4.73. The van der Waals surface area contributed by atoms with Gasteiger partial charge in [0.25, 0.3) is 5.91 Å². The molecule has 1 unspecified atom stereocenters. The molecule has 0 radical (unpaired) electrons. The largest absolute Gasteiger partial charge is 0.481 e. The molecule has 0 bridgehead atoms. The average molecular weight is 603 g/mol. The number of hydrogen-bond donors (Lipinski definition) is 2. The molecule has 7 nitrogen and oxygen atoms in total. The third kappa shape index (κ3) is 7.61. The third-order valence-electron chi connectivity index (χ3n) is 7.93. The number of hydrogen-bond acceptors (Lipinski definition) is 4. The van der Waals surface area contributed by atoms with Crippen molar-refractivity contribution < 1.29 is 27.9 Å². The van der Waals surface area contributed by atoms with Crippen LogP contribution in [0.1, 0.15) is 82.7 Å². The summed E-state index contributed by atoms with van der Waals surface area (Å²) >= 11 is 0. The van der Waals surface area contributed by atoms with E-state index in [0.29, 0.717) is 17.2 Å². The Morgan fingerprint density at radius 1 is 0.977 bits per heavy atom. The monoisotopic (exact) mass is 602 g/mol. The van der Waals surface area contributed by atoms with Gasteiger partial charge >= 0.3 is 12.1 Å². The van der Waals surface area contributed by atoms with Crippen molar-refractivity contribution in [2.24, 2.45) is 5.92 Å². The van der Waals surface area contributed by atoms with Gasteiger partial charge in [0, 0.05) is 36.0 Å². The van der Waals surface area contributed by atoms with E-state index in [-0.39, 0.29) is 30.6 Å². The number of nitrogens with zero attached hydrogens (tertiary/aromatic N) is 3. The fourth-order valence-corrected chi connectivity index (χ4v) is 5.72. The molecule has 44 heavy (non-hydrogen) atoms. The van der Waals surface area contributed by atoms with Crippen molar-refractivity contribution >= 4 is 24.0 Å². The SMILES string of the molecule is O=C(O)CCNC(=O)c1ccc(C(c2cn(-c3ccc(C(F)(F)F)cn3)nc2C=Cc2ccccc2)C2CCCCC2)cc1. The number of aromatic nitrogens is 3. The highest BCUT2D eigenvalue weighted by Gasteiger charge is 2.32. The van der Waals surface area contributed by atoms with E-state index in [1.807, 2.05) is 60.8 Å². The number of benzene rings is 2. The molecule has 0 aliphatic heterocycles. The van der Waals surface area contributed by atoms with Gasteiger partial charge in [0.15, 0.2) is 5.82 Å². The highest BCUT2D eigenvalue weighted by atomic mass is 19.4. The van der Waals surface area contributed by atoms with Gasteiger partial charge in [0.05, 0.1) is 17.7 Å². The molecule has 4 aromatic rings. The smallest absolute Gasteiger partial charge is 0.417 e. The summed E-state index contributed by atoms with van der Waals surface area (Å²) in [4.78, 5) is 27.5. The van der Waals surface area contributed by atoms with Gasteiger partial charge in [-0.05, 0) is 60.2 Å². The maximum absolute atomic E-state index is 13.2. The quantitative estimate of drug-likeness (QED) is 0.198. The van der Waals surface area contributed by atoms with Crippen LogP contribution in [0.4, 0.5) is 13.2 Å². The Kier molecular flexibility index (Phi) is 9.57. The van der Waals surface area contributed by atoms with Gasteiger partial charge in [-0.15, -0.1) is 0 Å². The minimum absolute atomic E-state index is 0.0366. The van der Waals surface area contributed by atoms with E-state index in [0.717, 1.165) is 61.1 Å². The lowest BCUT2D eigenvalue weighted by atomic mass is 9.73. The van der Waals surface area contributed by atoms with Crippen LogP contribution in [0.2, 0.25) is 0 Å². The van der Waals surface area contributed by atoms with Crippen molar-refractivity contribution in [1.82, 2.24) is 20.1 Å². The number of pyridine rings is 1. The number of aliphatic carboxylic acids is 1. The second-order valence-corrected chi connectivity index (χ2v) is 11.0. The number of halogens is 3. The maximum Gasteiger partial charge on any atom is 0.417 e. The van der Waals surface area contributed by atoms with Gasteiger partial charge in [-0.3, -0.25) is 9.59 Å². The van der Waals surface area contributed by atoms with Crippen LogP contribution in [-0.2, 0) is 11.0 Å². The number of carbonyl (C=O) groups is 2. The molecule has 2 heterocycles. The van der Waals surface area contributed by atoms with Gasteiger partial charge in [-0.1, -0.05) is 67.8 Å². The molecule has 1 saturated carbocycles. The number of carbonyl (C=O) groups excluding carboxylic acids is 1. The van der Waals surface area contributed by atoms with Gasteiger partial charge < -0.3 is 10.4 Å². The van der Waals surface area contributed by atoms with Gasteiger partial charge in [0.2, 0.25) is 0 Å². The second-order valence-electron chi connectivity index (χ2n) is 11.0. The van der Waals surface area contributed by atoms with Crippen molar-refractivity contribution in [2.75, 3.05) is 6.54 Å². The number of alkyl halides is 3. The number of rotatable bonds is 10. The molecule has 1 fully saturated rings. The van der Waals surface area contributed by atoms with Crippen molar-refractivity contribution in [1.29, 1.82) is 0 Å². The van der Waals surface area contributed by atoms with Crippen molar-refractivity contribution in [2.45, 2.75) is 50.6 Å².